The molecular formula is C16H22N2O2. The molecule has 1 aliphatic heterocycles. The van der Waals surface area contributed by atoms with Gasteiger partial charge in [0.2, 0.25) is 5.91 Å². The largest absolute Gasteiger partial charge is 0.341 e. The number of nitrogens with zero attached hydrogens (tertiary/aromatic N) is 2. The third-order valence-corrected chi connectivity index (χ3v) is 4.58. The van der Waals surface area contributed by atoms with E-state index in [1.807, 2.05) is 28.7 Å². The number of ketones is 1. The first-order valence-corrected chi connectivity index (χ1v) is 7.70. The van der Waals surface area contributed by atoms with Crippen LogP contribution in [0.3, 0.4) is 0 Å². The second-order valence-corrected chi connectivity index (χ2v) is 5.92. The minimum Gasteiger partial charge on any atom is -0.341 e. The lowest BCUT2D eigenvalue weighted by Crippen LogP contribution is -2.40. The quantitative estimate of drug-likeness (QED) is 0.832. The normalized spacial score (nSPS) is 20.6. The molecule has 2 aliphatic rings. The smallest absolute Gasteiger partial charge is 0.245 e. The van der Waals surface area contributed by atoms with Gasteiger partial charge in [-0.3, -0.25) is 9.59 Å². The van der Waals surface area contributed by atoms with Crippen LogP contribution in [0.4, 0.5) is 0 Å². The second kappa shape index (κ2) is 5.43. The molecule has 0 aromatic carbocycles. The van der Waals surface area contributed by atoms with Gasteiger partial charge in [-0.05, 0) is 45.1 Å². The van der Waals surface area contributed by atoms with Crippen molar-refractivity contribution < 1.29 is 9.59 Å². The summed E-state index contributed by atoms with van der Waals surface area (Å²) in [4.78, 5) is 26.4. The standard InChI is InChI=1S/C16H22N2O2/c1-12(16(20)17-9-3-2-4-10-17)18-11-8-13-14(18)6-5-7-15(13)19/h8,11-12H,2-7,9-10H2,1H3. The van der Waals surface area contributed by atoms with E-state index >= 15 is 0 Å². The fourth-order valence-corrected chi connectivity index (χ4v) is 3.41. The van der Waals surface area contributed by atoms with Gasteiger partial charge in [0.05, 0.1) is 0 Å². The molecule has 108 valence electrons. The Morgan fingerprint density at radius 3 is 2.65 bits per heavy atom. The van der Waals surface area contributed by atoms with Crippen molar-refractivity contribution in [3.05, 3.63) is 23.5 Å². The zero-order valence-corrected chi connectivity index (χ0v) is 12.1. The van der Waals surface area contributed by atoms with Crippen LogP contribution in [0.25, 0.3) is 0 Å². The minimum atomic E-state index is -0.192. The highest BCUT2D eigenvalue weighted by molar-refractivity contribution is 5.98. The topological polar surface area (TPSA) is 42.3 Å². The molecule has 0 radical (unpaired) electrons. The lowest BCUT2D eigenvalue weighted by atomic mass is 9.96. The van der Waals surface area contributed by atoms with Crippen LogP contribution in [-0.2, 0) is 11.2 Å². The number of Topliss-reactive ketones (excluding diaryl/α,β-unsaturated/α-hetero) is 1. The molecule has 2 heterocycles. The molecule has 1 atom stereocenters. The first kappa shape index (κ1) is 13.4. The van der Waals surface area contributed by atoms with Gasteiger partial charge in [-0.2, -0.15) is 0 Å². The molecule has 0 bridgehead atoms. The van der Waals surface area contributed by atoms with Crippen LogP contribution < -0.4 is 0 Å². The van der Waals surface area contributed by atoms with E-state index in [1.54, 1.807) is 0 Å². The summed E-state index contributed by atoms with van der Waals surface area (Å²) in [6.45, 7) is 3.72. The monoisotopic (exact) mass is 274 g/mol. The molecule has 20 heavy (non-hydrogen) atoms. The summed E-state index contributed by atoms with van der Waals surface area (Å²) in [5.74, 6) is 0.420. The van der Waals surface area contributed by atoms with Crippen molar-refractivity contribution in [1.29, 1.82) is 0 Å². The number of hydrogen-bond acceptors (Lipinski definition) is 2. The number of rotatable bonds is 2. The summed E-state index contributed by atoms with van der Waals surface area (Å²) in [6, 6.07) is 1.69. The Balaban J connectivity index is 1.81. The van der Waals surface area contributed by atoms with E-state index in [0.29, 0.717) is 6.42 Å². The number of aromatic nitrogens is 1. The highest BCUT2D eigenvalue weighted by Gasteiger charge is 2.27. The van der Waals surface area contributed by atoms with Gasteiger partial charge >= 0.3 is 0 Å². The van der Waals surface area contributed by atoms with Crippen LogP contribution in [-0.4, -0.2) is 34.2 Å². The van der Waals surface area contributed by atoms with Crippen molar-refractivity contribution in [1.82, 2.24) is 9.47 Å². The molecule has 1 aromatic rings. The average molecular weight is 274 g/mol. The number of carbonyl (C=O) groups excluding carboxylic acids is 2. The number of likely N-dealkylation sites (tertiary alicyclic amines) is 1. The van der Waals surface area contributed by atoms with Gasteiger partial charge in [-0.1, -0.05) is 0 Å². The molecule has 4 nitrogen and oxygen atoms in total. The minimum absolute atomic E-state index is 0.192. The summed E-state index contributed by atoms with van der Waals surface area (Å²) >= 11 is 0. The highest BCUT2D eigenvalue weighted by Crippen LogP contribution is 2.26. The van der Waals surface area contributed by atoms with Gasteiger partial charge in [0, 0.05) is 37.0 Å². The van der Waals surface area contributed by atoms with Gasteiger partial charge in [0.25, 0.3) is 0 Å². The summed E-state index contributed by atoms with van der Waals surface area (Å²) in [5.41, 5.74) is 1.88. The third kappa shape index (κ3) is 2.28. The van der Waals surface area contributed by atoms with E-state index in [0.717, 1.165) is 50.0 Å². The Bertz CT molecular complexity index is 527. The zero-order chi connectivity index (χ0) is 14.1. The Kier molecular flexibility index (Phi) is 3.64. The summed E-state index contributed by atoms with van der Waals surface area (Å²) in [6.07, 6.45) is 7.82. The van der Waals surface area contributed by atoms with Crippen LogP contribution in [0, 0.1) is 0 Å². The van der Waals surface area contributed by atoms with Gasteiger partial charge in [0.1, 0.15) is 6.04 Å². The highest BCUT2D eigenvalue weighted by atomic mass is 16.2. The fraction of sp³-hybridized carbons (Fsp3) is 0.625. The van der Waals surface area contributed by atoms with Gasteiger partial charge in [-0.25, -0.2) is 0 Å². The molecule has 4 heteroatoms. The molecule has 1 aliphatic carbocycles. The van der Waals surface area contributed by atoms with Crippen molar-refractivity contribution in [2.45, 2.75) is 51.5 Å². The maximum atomic E-state index is 12.6. The van der Waals surface area contributed by atoms with Crippen LogP contribution in [0.5, 0.6) is 0 Å². The molecule has 1 unspecified atom stereocenters. The Hall–Kier alpha value is -1.58. The van der Waals surface area contributed by atoms with Gasteiger partial charge in [0.15, 0.2) is 5.78 Å². The summed E-state index contributed by atoms with van der Waals surface area (Å²) in [5, 5.41) is 0. The lowest BCUT2D eigenvalue weighted by molar-refractivity contribution is -0.135. The summed E-state index contributed by atoms with van der Waals surface area (Å²) < 4.78 is 2.02. The van der Waals surface area contributed by atoms with Crippen molar-refractivity contribution in [2.75, 3.05) is 13.1 Å². The fourth-order valence-electron chi connectivity index (χ4n) is 3.41. The van der Waals surface area contributed by atoms with Crippen LogP contribution in [0.15, 0.2) is 12.3 Å². The molecule has 1 aromatic heterocycles. The van der Waals surface area contributed by atoms with Crippen LogP contribution >= 0.6 is 0 Å². The Labute approximate surface area is 119 Å². The van der Waals surface area contributed by atoms with Crippen LogP contribution in [0.2, 0.25) is 0 Å². The van der Waals surface area contributed by atoms with Crippen molar-refractivity contribution in [3.8, 4) is 0 Å². The average Bonchev–Trinajstić information content (AvgIpc) is 2.92. The third-order valence-electron chi connectivity index (χ3n) is 4.58. The molecule has 1 amide bonds. The molecule has 3 rings (SSSR count). The molecule has 0 N–H and O–H groups in total. The maximum Gasteiger partial charge on any atom is 0.245 e. The number of amides is 1. The SMILES string of the molecule is CC(C(=O)N1CCCCC1)n1ccc2c1CCCC2=O. The van der Waals surface area contributed by atoms with E-state index in [-0.39, 0.29) is 17.7 Å². The molecular weight excluding hydrogens is 252 g/mol. The number of fused-ring (bicyclic) bond motifs is 1. The zero-order valence-electron chi connectivity index (χ0n) is 12.1. The van der Waals surface area contributed by atoms with Crippen molar-refractivity contribution in [2.24, 2.45) is 0 Å². The number of carbonyl (C=O) groups is 2. The van der Waals surface area contributed by atoms with Crippen molar-refractivity contribution >= 4 is 11.7 Å². The Morgan fingerprint density at radius 1 is 1.15 bits per heavy atom. The molecule has 0 saturated carbocycles. The number of hydrogen-bond donors (Lipinski definition) is 0. The van der Waals surface area contributed by atoms with E-state index in [2.05, 4.69) is 0 Å². The summed E-state index contributed by atoms with van der Waals surface area (Å²) in [7, 11) is 0. The predicted octanol–water partition coefficient (Wildman–Crippen LogP) is 2.58. The van der Waals surface area contributed by atoms with Crippen molar-refractivity contribution in [3.63, 3.8) is 0 Å². The predicted molar refractivity (Wildman–Crippen MR) is 76.8 cm³/mol. The van der Waals surface area contributed by atoms with E-state index in [1.165, 1.54) is 6.42 Å². The maximum absolute atomic E-state index is 12.6. The Morgan fingerprint density at radius 2 is 1.90 bits per heavy atom. The van der Waals surface area contributed by atoms with Crippen LogP contribution in [0.1, 0.15) is 61.1 Å². The van der Waals surface area contributed by atoms with E-state index in [4.69, 9.17) is 0 Å². The first-order chi connectivity index (χ1) is 9.68. The lowest BCUT2D eigenvalue weighted by Gasteiger charge is -2.30. The van der Waals surface area contributed by atoms with Gasteiger partial charge < -0.3 is 9.47 Å². The molecule has 1 saturated heterocycles. The molecule has 0 spiro atoms. The van der Waals surface area contributed by atoms with E-state index < -0.39 is 0 Å². The first-order valence-electron chi connectivity index (χ1n) is 7.70. The van der Waals surface area contributed by atoms with Gasteiger partial charge in [-0.15, -0.1) is 0 Å². The van der Waals surface area contributed by atoms with E-state index in [9.17, 15) is 9.59 Å². The number of piperidine rings is 1. The second-order valence-electron chi connectivity index (χ2n) is 5.92. The molecule has 1 fully saturated rings.